The van der Waals surface area contributed by atoms with Crippen molar-refractivity contribution in [2.24, 2.45) is 0 Å². The van der Waals surface area contributed by atoms with Gasteiger partial charge in [-0.25, -0.2) is 4.98 Å². The van der Waals surface area contributed by atoms with Gasteiger partial charge in [0.25, 0.3) is 0 Å². The molecule has 1 fully saturated rings. The van der Waals surface area contributed by atoms with E-state index in [0.717, 1.165) is 29.7 Å². The minimum atomic E-state index is -0.230. The van der Waals surface area contributed by atoms with Crippen molar-refractivity contribution in [1.29, 1.82) is 5.26 Å². The third-order valence-electron chi connectivity index (χ3n) is 6.90. The van der Waals surface area contributed by atoms with Crippen molar-refractivity contribution in [1.82, 2.24) is 19.8 Å². The number of nitrogens with one attached hydrogen (secondary N) is 1. The molecular weight excluding hydrogens is 545 g/mol. The lowest BCUT2D eigenvalue weighted by Crippen LogP contribution is -2.38. The Labute approximate surface area is 245 Å². The second-order valence-electron chi connectivity index (χ2n) is 9.65. The first-order chi connectivity index (χ1) is 19.1. The Kier molecular flexibility index (Phi) is 10.2. The van der Waals surface area contributed by atoms with Crippen molar-refractivity contribution < 1.29 is 9.53 Å². The van der Waals surface area contributed by atoms with E-state index in [0.29, 0.717) is 49.1 Å². The van der Waals surface area contributed by atoms with Crippen molar-refractivity contribution in [3.8, 4) is 11.8 Å². The van der Waals surface area contributed by atoms with Crippen molar-refractivity contribution in [3.63, 3.8) is 0 Å². The number of hydrogen-bond donors (Lipinski definition) is 1. The Morgan fingerprint density at radius 1 is 1.02 bits per heavy atom. The van der Waals surface area contributed by atoms with Gasteiger partial charge in [0.05, 0.1) is 30.2 Å². The molecule has 206 valence electrons. The van der Waals surface area contributed by atoms with E-state index < -0.39 is 0 Å². The summed E-state index contributed by atoms with van der Waals surface area (Å²) < 4.78 is 8.05. The van der Waals surface area contributed by atoms with Crippen molar-refractivity contribution >= 4 is 29.9 Å². The molecule has 0 bridgehead atoms. The lowest BCUT2D eigenvalue weighted by Gasteiger charge is -2.18. The lowest BCUT2D eigenvalue weighted by atomic mass is 10.1. The van der Waals surface area contributed by atoms with Crippen molar-refractivity contribution in [3.05, 3.63) is 118 Å². The standard InChI is InChI=1S/C31H30ClN5O2.ClH/c32-27-8-4-7-24(15-27)20-36-13-11-29(31(36)38)35-19-28-18-34-22-37(28)21-25-9-10-26(17-33)30(16-25)39-14-12-23-5-2-1-3-6-23;/h1-10,15-16,18,22,29,35H,11-14,19-21H2;1H/t29-;/m1./s1. The van der Waals surface area contributed by atoms with E-state index in [2.05, 4.69) is 28.5 Å². The molecule has 1 amide bonds. The number of nitriles is 1. The van der Waals surface area contributed by atoms with Gasteiger partial charge in [0.1, 0.15) is 11.8 Å². The van der Waals surface area contributed by atoms with Crippen LogP contribution in [0.5, 0.6) is 5.75 Å². The van der Waals surface area contributed by atoms with Crippen LogP contribution < -0.4 is 10.1 Å². The zero-order valence-corrected chi connectivity index (χ0v) is 23.6. The number of hydrogen-bond acceptors (Lipinski definition) is 5. The summed E-state index contributed by atoms with van der Waals surface area (Å²) in [6.45, 7) is 2.87. The monoisotopic (exact) mass is 575 g/mol. The first-order valence-corrected chi connectivity index (χ1v) is 13.4. The molecule has 3 aromatic carbocycles. The van der Waals surface area contributed by atoms with E-state index in [1.165, 1.54) is 5.56 Å². The molecule has 1 N–H and O–H groups in total. The predicted octanol–water partition coefficient (Wildman–Crippen LogP) is 5.39. The van der Waals surface area contributed by atoms with Crippen LogP contribution >= 0.6 is 24.0 Å². The van der Waals surface area contributed by atoms with Gasteiger partial charge < -0.3 is 19.5 Å². The molecule has 7 nitrogen and oxygen atoms in total. The van der Waals surface area contributed by atoms with Crippen LogP contribution in [-0.2, 0) is 30.8 Å². The van der Waals surface area contributed by atoms with Gasteiger partial charge in [0.2, 0.25) is 5.91 Å². The summed E-state index contributed by atoms with van der Waals surface area (Å²) in [6.07, 6.45) is 5.13. The number of aromatic nitrogens is 2. The average molecular weight is 577 g/mol. The number of benzene rings is 3. The molecule has 9 heteroatoms. The first kappa shape index (κ1) is 29.2. The van der Waals surface area contributed by atoms with Gasteiger partial charge in [-0.15, -0.1) is 12.4 Å². The maximum absolute atomic E-state index is 13.0. The van der Waals surface area contributed by atoms with E-state index in [9.17, 15) is 10.1 Å². The summed E-state index contributed by atoms with van der Waals surface area (Å²) in [6, 6.07) is 25.4. The largest absolute Gasteiger partial charge is 0.492 e. The van der Waals surface area contributed by atoms with E-state index in [4.69, 9.17) is 16.3 Å². The predicted molar refractivity (Wildman–Crippen MR) is 157 cm³/mol. The Morgan fingerprint density at radius 2 is 1.82 bits per heavy atom. The third-order valence-corrected chi connectivity index (χ3v) is 7.13. The Hall–Kier alpha value is -3.83. The fraction of sp³-hybridized carbons (Fsp3) is 0.258. The molecule has 0 saturated carbocycles. The molecule has 0 aliphatic carbocycles. The van der Waals surface area contributed by atoms with E-state index in [-0.39, 0.29) is 24.4 Å². The molecule has 40 heavy (non-hydrogen) atoms. The molecule has 1 atom stereocenters. The van der Waals surface area contributed by atoms with Crippen LogP contribution in [0.15, 0.2) is 85.3 Å². The fourth-order valence-electron chi connectivity index (χ4n) is 4.80. The molecule has 0 spiro atoms. The zero-order chi connectivity index (χ0) is 27.0. The van der Waals surface area contributed by atoms with Crippen LogP contribution in [0.1, 0.15) is 34.4 Å². The second-order valence-corrected chi connectivity index (χ2v) is 10.1. The topological polar surface area (TPSA) is 83.2 Å². The fourth-order valence-corrected chi connectivity index (χ4v) is 5.02. The Balaban J connectivity index is 0.00000370. The van der Waals surface area contributed by atoms with Gasteiger partial charge in [-0.1, -0.05) is 60.1 Å². The molecule has 1 saturated heterocycles. The highest BCUT2D eigenvalue weighted by Gasteiger charge is 2.31. The van der Waals surface area contributed by atoms with E-state index in [1.807, 2.05) is 70.3 Å². The molecular formula is C31H31Cl2N5O2. The van der Waals surface area contributed by atoms with Crippen LogP contribution in [0.25, 0.3) is 0 Å². The average Bonchev–Trinajstić information content (AvgIpc) is 3.54. The molecule has 1 aliphatic rings. The minimum absolute atomic E-state index is 0. The van der Waals surface area contributed by atoms with Gasteiger partial charge in [0, 0.05) is 43.8 Å². The number of carbonyl (C=O) groups excluding carboxylic acids is 1. The van der Waals surface area contributed by atoms with E-state index in [1.54, 1.807) is 12.4 Å². The molecule has 2 heterocycles. The summed E-state index contributed by atoms with van der Waals surface area (Å²) in [4.78, 5) is 19.2. The van der Waals surface area contributed by atoms with Crippen LogP contribution in [-0.4, -0.2) is 39.6 Å². The van der Waals surface area contributed by atoms with E-state index >= 15 is 0 Å². The zero-order valence-electron chi connectivity index (χ0n) is 22.0. The Morgan fingerprint density at radius 3 is 2.62 bits per heavy atom. The molecule has 0 unspecified atom stereocenters. The summed E-state index contributed by atoms with van der Waals surface area (Å²) in [5.41, 5.74) is 4.72. The van der Waals surface area contributed by atoms with Gasteiger partial charge >= 0.3 is 0 Å². The minimum Gasteiger partial charge on any atom is -0.492 e. The number of ether oxygens (including phenoxy) is 1. The van der Waals surface area contributed by atoms with Gasteiger partial charge in [-0.2, -0.15) is 5.26 Å². The molecule has 5 rings (SSSR count). The normalized spacial score (nSPS) is 14.6. The molecule has 1 aliphatic heterocycles. The van der Waals surface area contributed by atoms with Gasteiger partial charge in [0.15, 0.2) is 0 Å². The summed E-state index contributed by atoms with van der Waals surface area (Å²) in [5, 5.41) is 13.6. The van der Waals surface area contributed by atoms with Gasteiger partial charge in [-0.3, -0.25) is 4.79 Å². The second kappa shape index (κ2) is 14.0. The number of nitrogens with zero attached hydrogens (tertiary/aromatic N) is 4. The highest BCUT2D eigenvalue weighted by molar-refractivity contribution is 6.30. The number of halogens is 2. The summed E-state index contributed by atoms with van der Waals surface area (Å²) in [5.74, 6) is 0.687. The maximum Gasteiger partial charge on any atom is 0.240 e. The number of likely N-dealkylation sites (tertiary alicyclic amines) is 1. The molecule has 0 radical (unpaired) electrons. The summed E-state index contributed by atoms with van der Waals surface area (Å²) in [7, 11) is 0. The Bertz CT molecular complexity index is 1470. The number of imidazole rings is 1. The smallest absolute Gasteiger partial charge is 0.240 e. The van der Waals surface area contributed by atoms with Crippen molar-refractivity contribution in [2.45, 2.75) is 38.5 Å². The van der Waals surface area contributed by atoms with Crippen LogP contribution in [0.3, 0.4) is 0 Å². The van der Waals surface area contributed by atoms with Crippen LogP contribution in [0.2, 0.25) is 5.02 Å². The quantitative estimate of drug-likeness (QED) is 0.259. The van der Waals surface area contributed by atoms with Crippen LogP contribution in [0.4, 0.5) is 0 Å². The highest BCUT2D eigenvalue weighted by atomic mass is 35.5. The lowest BCUT2D eigenvalue weighted by molar-refractivity contribution is -0.129. The highest BCUT2D eigenvalue weighted by Crippen LogP contribution is 2.22. The SMILES string of the molecule is Cl.N#Cc1ccc(Cn2cncc2CN[C@@H]2CCN(Cc3cccc(Cl)c3)C2=O)cc1OCCc1ccccc1. The number of carbonyl (C=O) groups is 1. The third kappa shape index (κ3) is 7.42. The molecule has 1 aromatic heterocycles. The van der Waals surface area contributed by atoms with Gasteiger partial charge in [-0.05, 0) is 47.4 Å². The molecule has 4 aromatic rings. The number of rotatable bonds is 11. The van der Waals surface area contributed by atoms with Crippen LogP contribution in [0, 0.1) is 11.3 Å². The summed E-state index contributed by atoms with van der Waals surface area (Å²) >= 11 is 6.10. The maximum atomic E-state index is 13.0. The number of amides is 1. The first-order valence-electron chi connectivity index (χ1n) is 13.0. The van der Waals surface area contributed by atoms with Crippen molar-refractivity contribution in [2.75, 3.05) is 13.2 Å².